The zero-order valence-electron chi connectivity index (χ0n) is 13.2. The fourth-order valence-electron chi connectivity index (χ4n) is 2.33. The van der Waals surface area contributed by atoms with Crippen molar-refractivity contribution >= 4 is 17.3 Å². The van der Waals surface area contributed by atoms with E-state index in [1.165, 1.54) is 0 Å². The smallest absolute Gasteiger partial charge is 0.141 e. The van der Waals surface area contributed by atoms with Gasteiger partial charge in [-0.2, -0.15) is 0 Å². The Morgan fingerprint density at radius 1 is 1.24 bits per heavy atom. The summed E-state index contributed by atoms with van der Waals surface area (Å²) in [4.78, 5) is 10.8. The number of hydrogen-bond donors (Lipinski definition) is 1. The van der Waals surface area contributed by atoms with E-state index in [0.29, 0.717) is 5.92 Å². The molecule has 0 saturated carbocycles. The maximum Gasteiger partial charge on any atom is 0.141 e. The molecule has 0 amide bonds. The number of hydrogen-bond acceptors (Lipinski definition) is 5. The van der Waals surface area contributed by atoms with Crippen LogP contribution in [-0.4, -0.2) is 31.2 Å². The van der Waals surface area contributed by atoms with Gasteiger partial charge in [0, 0.05) is 31.4 Å². The lowest BCUT2D eigenvalue weighted by molar-refractivity contribution is 0.415. The summed E-state index contributed by atoms with van der Waals surface area (Å²) in [5.74, 6) is 2.91. The molecule has 1 heterocycles. The van der Waals surface area contributed by atoms with Crippen molar-refractivity contribution in [2.75, 3.05) is 31.4 Å². The van der Waals surface area contributed by atoms with Gasteiger partial charge in [-0.15, -0.1) is 0 Å². The third-order valence-electron chi connectivity index (χ3n) is 3.44. The van der Waals surface area contributed by atoms with Gasteiger partial charge in [0.15, 0.2) is 0 Å². The molecule has 0 radical (unpaired) electrons. The van der Waals surface area contributed by atoms with E-state index < -0.39 is 0 Å². The van der Waals surface area contributed by atoms with Crippen molar-refractivity contribution in [1.82, 2.24) is 9.97 Å². The molecular weight excluding hydrogens is 264 g/mol. The molecule has 0 spiro atoms. The zero-order valence-corrected chi connectivity index (χ0v) is 13.2. The van der Waals surface area contributed by atoms with Crippen LogP contribution in [-0.2, 0) is 0 Å². The van der Waals surface area contributed by atoms with Crippen molar-refractivity contribution in [2.45, 2.75) is 19.8 Å². The van der Waals surface area contributed by atoms with Crippen molar-refractivity contribution in [1.29, 1.82) is 0 Å². The topological polar surface area (TPSA) is 50.3 Å². The first-order valence-electron chi connectivity index (χ1n) is 6.99. The van der Waals surface area contributed by atoms with Crippen LogP contribution in [0.25, 0.3) is 0 Å². The molecule has 0 aliphatic heterocycles. The van der Waals surface area contributed by atoms with Crippen LogP contribution in [0.2, 0.25) is 0 Å². The average Bonchev–Trinajstić information content (AvgIpc) is 2.53. The predicted octanol–water partition coefficient (Wildman–Crippen LogP) is 3.42. The van der Waals surface area contributed by atoms with Gasteiger partial charge in [0.1, 0.15) is 23.7 Å². The first kappa shape index (κ1) is 15.1. The lowest BCUT2D eigenvalue weighted by Gasteiger charge is -2.24. The SMILES string of the molecule is CNc1ncnc(N(C)c2cccc(OC)c2)c1C(C)C. The summed E-state index contributed by atoms with van der Waals surface area (Å²) in [5, 5.41) is 3.14. The molecule has 112 valence electrons. The third kappa shape index (κ3) is 3.07. The van der Waals surface area contributed by atoms with Gasteiger partial charge in [-0.25, -0.2) is 9.97 Å². The molecule has 1 aromatic carbocycles. The van der Waals surface area contributed by atoms with E-state index in [9.17, 15) is 0 Å². The number of benzene rings is 1. The molecule has 0 bridgehead atoms. The largest absolute Gasteiger partial charge is 0.497 e. The molecule has 1 aromatic heterocycles. The zero-order chi connectivity index (χ0) is 15.4. The molecule has 0 aliphatic carbocycles. The summed E-state index contributed by atoms with van der Waals surface area (Å²) in [6.45, 7) is 4.28. The number of aromatic nitrogens is 2. The maximum absolute atomic E-state index is 5.29. The highest BCUT2D eigenvalue weighted by Gasteiger charge is 2.18. The normalized spacial score (nSPS) is 10.6. The molecule has 2 rings (SSSR count). The van der Waals surface area contributed by atoms with Crippen LogP contribution in [0.15, 0.2) is 30.6 Å². The Morgan fingerprint density at radius 2 is 2.00 bits per heavy atom. The monoisotopic (exact) mass is 286 g/mol. The van der Waals surface area contributed by atoms with E-state index in [0.717, 1.165) is 28.6 Å². The van der Waals surface area contributed by atoms with Gasteiger partial charge in [-0.3, -0.25) is 0 Å². The molecule has 0 fully saturated rings. The minimum atomic E-state index is 0.316. The van der Waals surface area contributed by atoms with Gasteiger partial charge in [0.25, 0.3) is 0 Å². The van der Waals surface area contributed by atoms with Crippen molar-refractivity contribution in [3.05, 3.63) is 36.2 Å². The van der Waals surface area contributed by atoms with E-state index in [2.05, 4.69) is 34.0 Å². The summed E-state index contributed by atoms with van der Waals surface area (Å²) in [6, 6.07) is 7.93. The fourth-order valence-corrected chi connectivity index (χ4v) is 2.33. The second kappa shape index (κ2) is 6.43. The second-order valence-corrected chi connectivity index (χ2v) is 5.12. The molecule has 1 N–H and O–H groups in total. The van der Waals surface area contributed by atoms with Crippen LogP contribution in [0.3, 0.4) is 0 Å². The minimum absolute atomic E-state index is 0.316. The van der Waals surface area contributed by atoms with Crippen LogP contribution in [0.5, 0.6) is 5.75 Å². The molecule has 0 atom stereocenters. The molecule has 21 heavy (non-hydrogen) atoms. The molecule has 5 nitrogen and oxygen atoms in total. The quantitative estimate of drug-likeness (QED) is 0.912. The maximum atomic E-state index is 5.29. The number of anilines is 3. The summed E-state index contributed by atoms with van der Waals surface area (Å²) < 4.78 is 5.29. The van der Waals surface area contributed by atoms with Crippen molar-refractivity contribution in [3.8, 4) is 5.75 Å². The van der Waals surface area contributed by atoms with Gasteiger partial charge in [-0.1, -0.05) is 19.9 Å². The first-order chi connectivity index (χ1) is 10.1. The highest BCUT2D eigenvalue weighted by molar-refractivity contribution is 5.68. The first-order valence-corrected chi connectivity index (χ1v) is 6.99. The molecule has 0 saturated heterocycles. The van der Waals surface area contributed by atoms with Gasteiger partial charge >= 0.3 is 0 Å². The summed E-state index contributed by atoms with van der Waals surface area (Å²) in [7, 11) is 5.55. The Morgan fingerprint density at radius 3 is 2.62 bits per heavy atom. The van der Waals surface area contributed by atoms with Crippen LogP contribution in [0.4, 0.5) is 17.3 Å². The van der Waals surface area contributed by atoms with Crippen LogP contribution < -0.4 is 15.0 Å². The minimum Gasteiger partial charge on any atom is -0.497 e. The second-order valence-electron chi connectivity index (χ2n) is 5.12. The van der Waals surface area contributed by atoms with Crippen molar-refractivity contribution in [3.63, 3.8) is 0 Å². The lowest BCUT2D eigenvalue weighted by Crippen LogP contribution is -2.16. The Kier molecular flexibility index (Phi) is 4.62. The molecule has 0 unspecified atom stereocenters. The summed E-state index contributed by atoms with van der Waals surface area (Å²) in [6.07, 6.45) is 1.59. The van der Waals surface area contributed by atoms with E-state index in [1.54, 1.807) is 13.4 Å². The highest BCUT2D eigenvalue weighted by atomic mass is 16.5. The van der Waals surface area contributed by atoms with Crippen LogP contribution >= 0.6 is 0 Å². The lowest BCUT2D eigenvalue weighted by atomic mass is 10.0. The Labute approximate surface area is 126 Å². The van der Waals surface area contributed by atoms with Crippen molar-refractivity contribution in [2.24, 2.45) is 0 Å². The number of nitrogens with one attached hydrogen (secondary N) is 1. The van der Waals surface area contributed by atoms with E-state index in [-0.39, 0.29) is 0 Å². The summed E-state index contributed by atoms with van der Waals surface area (Å²) in [5.41, 5.74) is 2.13. The number of methoxy groups -OCH3 is 1. The van der Waals surface area contributed by atoms with E-state index in [1.807, 2.05) is 38.4 Å². The molecule has 2 aromatic rings. The molecular formula is C16H22N4O. The van der Waals surface area contributed by atoms with Gasteiger partial charge in [0.2, 0.25) is 0 Å². The van der Waals surface area contributed by atoms with Crippen LogP contribution in [0, 0.1) is 0 Å². The van der Waals surface area contributed by atoms with Crippen molar-refractivity contribution < 1.29 is 4.74 Å². The summed E-state index contributed by atoms with van der Waals surface area (Å²) >= 11 is 0. The van der Waals surface area contributed by atoms with E-state index in [4.69, 9.17) is 4.74 Å². The molecule has 5 heteroatoms. The van der Waals surface area contributed by atoms with E-state index >= 15 is 0 Å². The Hall–Kier alpha value is -2.30. The van der Waals surface area contributed by atoms with Crippen LogP contribution in [0.1, 0.15) is 25.3 Å². The fraction of sp³-hybridized carbons (Fsp3) is 0.375. The van der Waals surface area contributed by atoms with Gasteiger partial charge in [-0.05, 0) is 18.1 Å². The standard InChI is InChI=1S/C16H22N4O/c1-11(2)14-15(17-3)18-10-19-16(14)20(4)12-7-6-8-13(9-12)21-5/h6-11H,1-5H3,(H,17,18,19). The van der Waals surface area contributed by atoms with Gasteiger partial charge < -0.3 is 15.0 Å². The number of rotatable bonds is 5. The Bertz CT molecular complexity index is 613. The third-order valence-corrected chi connectivity index (χ3v) is 3.44. The number of nitrogens with zero attached hydrogens (tertiary/aromatic N) is 3. The predicted molar refractivity (Wildman–Crippen MR) is 86.7 cm³/mol. The van der Waals surface area contributed by atoms with Gasteiger partial charge in [0.05, 0.1) is 7.11 Å². The number of ether oxygens (including phenoxy) is 1. The Balaban J connectivity index is 2.49. The highest BCUT2D eigenvalue weighted by Crippen LogP contribution is 2.34. The average molecular weight is 286 g/mol. The molecule has 0 aliphatic rings.